The minimum atomic E-state index is -2.77. The van der Waals surface area contributed by atoms with Gasteiger partial charge in [0.05, 0.1) is 9.85 Å². The molecule has 14 heteroatoms. The molecule has 0 aliphatic carbocycles. The van der Waals surface area contributed by atoms with Crippen LogP contribution in [-0.2, 0) is 9.59 Å². The standard InChI is InChI=1S/C15H14N6O8/c22-13(23)15(14(24)25,18-16-9-1-5-11(6-2-9)20(26)27)19-17-10-3-7-12(8-4-10)21(28)29/h1-8,16-19H,(H,22,23)(H,24,25). The number of aliphatic carboxylic acids is 2. The van der Waals surface area contributed by atoms with E-state index in [2.05, 4.69) is 21.7 Å². The summed E-state index contributed by atoms with van der Waals surface area (Å²) in [5.74, 6) is -3.65. The molecule has 0 saturated heterocycles. The molecule has 0 heterocycles. The van der Waals surface area contributed by atoms with Crippen LogP contribution in [-0.4, -0.2) is 37.7 Å². The van der Waals surface area contributed by atoms with Gasteiger partial charge in [-0.05, 0) is 24.3 Å². The first-order chi connectivity index (χ1) is 13.7. The Bertz CT molecular complexity index is 853. The summed E-state index contributed by atoms with van der Waals surface area (Å²) in [6.45, 7) is 0. The number of carbonyl (C=O) groups is 2. The number of carboxylic acids is 2. The van der Waals surface area contributed by atoms with Gasteiger partial charge in [-0.1, -0.05) is 0 Å². The van der Waals surface area contributed by atoms with Crippen molar-refractivity contribution in [3.8, 4) is 0 Å². The van der Waals surface area contributed by atoms with Crippen LogP contribution in [0.2, 0.25) is 0 Å². The van der Waals surface area contributed by atoms with Crippen molar-refractivity contribution in [2.24, 2.45) is 0 Å². The van der Waals surface area contributed by atoms with E-state index in [0.29, 0.717) is 0 Å². The topological polar surface area (TPSA) is 209 Å². The number of carboxylic acid groups (broad SMARTS) is 2. The zero-order chi connectivity index (χ0) is 21.6. The van der Waals surface area contributed by atoms with E-state index < -0.39 is 27.4 Å². The molecule has 0 aliphatic rings. The van der Waals surface area contributed by atoms with Crippen molar-refractivity contribution in [3.05, 3.63) is 68.8 Å². The van der Waals surface area contributed by atoms with Gasteiger partial charge in [0, 0.05) is 35.6 Å². The zero-order valence-corrected chi connectivity index (χ0v) is 14.4. The second-order valence-corrected chi connectivity index (χ2v) is 5.47. The van der Waals surface area contributed by atoms with Gasteiger partial charge in [-0.3, -0.25) is 20.2 Å². The van der Waals surface area contributed by atoms with E-state index in [1.165, 1.54) is 24.3 Å². The van der Waals surface area contributed by atoms with E-state index in [4.69, 9.17) is 0 Å². The molecule has 2 aromatic rings. The molecule has 0 aliphatic heterocycles. The van der Waals surface area contributed by atoms with Crippen molar-refractivity contribution < 1.29 is 29.6 Å². The molecular weight excluding hydrogens is 392 g/mol. The SMILES string of the molecule is O=C(O)C(NNc1ccc([N+](=O)[O-])cc1)(NNc1ccc([N+](=O)[O-])cc1)C(=O)O. The van der Waals surface area contributed by atoms with E-state index in [9.17, 15) is 40.0 Å². The van der Waals surface area contributed by atoms with Gasteiger partial charge in [0.15, 0.2) is 0 Å². The summed E-state index contributed by atoms with van der Waals surface area (Å²) < 4.78 is 0. The smallest absolute Gasteiger partial charge is 0.354 e. The highest BCUT2D eigenvalue weighted by Gasteiger charge is 2.47. The number of hydrazine groups is 2. The highest BCUT2D eigenvalue weighted by Crippen LogP contribution is 2.17. The summed E-state index contributed by atoms with van der Waals surface area (Å²) in [6.07, 6.45) is 0. The molecule has 14 nitrogen and oxygen atoms in total. The molecule has 0 fully saturated rings. The van der Waals surface area contributed by atoms with E-state index in [1.807, 2.05) is 0 Å². The van der Waals surface area contributed by atoms with E-state index in [-0.39, 0.29) is 22.7 Å². The Hall–Kier alpha value is -4.30. The van der Waals surface area contributed by atoms with Crippen molar-refractivity contribution in [2.75, 3.05) is 10.9 Å². The number of non-ortho nitro benzene ring substituents is 2. The van der Waals surface area contributed by atoms with Gasteiger partial charge in [0.2, 0.25) is 0 Å². The molecule has 0 bridgehead atoms. The van der Waals surface area contributed by atoms with Gasteiger partial charge in [0.25, 0.3) is 11.4 Å². The Balaban J connectivity index is 2.15. The number of nitro benzene ring substituents is 2. The molecule has 6 N–H and O–H groups in total. The van der Waals surface area contributed by atoms with Crippen molar-refractivity contribution in [1.29, 1.82) is 0 Å². The number of nitro groups is 2. The molecule has 2 rings (SSSR count). The van der Waals surface area contributed by atoms with Crippen LogP contribution in [0.3, 0.4) is 0 Å². The number of rotatable bonds is 10. The molecular formula is C15H14N6O8. The highest BCUT2D eigenvalue weighted by molar-refractivity contribution is 6.03. The molecule has 0 atom stereocenters. The van der Waals surface area contributed by atoms with E-state index in [1.54, 1.807) is 0 Å². The summed E-state index contributed by atoms with van der Waals surface area (Å²) in [6, 6.07) is 9.50. The molecule has 2 aromatic carbocycles. The second kappa shape index (κ2) is 8.59. The fraction of sp³-hybridized carbons (Fsp3) is 0.0667. The fourth-order valence-corrected chi connectivity index (χ4v) is 2.00. The maximum Gasteiger partial charge on any atom is 0.354 e. The molecule has 0 unspecified atom stereocenters. The summed E-state index contributed by atoms with van der Waals surface area (Å²) in [4.78, 5) is 43.3. The van der Waals surface area contributed by atoms with E-state index in [0.717, 1.165) is 24.3 Å². The Morgan fingerprint density at radius 1 is 0.724 bits per heavy atom. The molecule has 29 heavy (non-hydrogen) atoms. The van der Waals surface area contributed by atoms with Crippen LogP contribution >= 0.6 is 0 Å². The molecule has 0 aromatic heterocycles. The lowest BCUT2D eigenvalue weighted by molar-refractivity contribution is -0.385. The fourth-order valence-electron chi connectivity index (χ4n) is 2.00. The lowest BCUT2D eigenvalue weighted by Gasteiger charge is -2.28. The molecule has 0 amide bonds. The third-order valence-electron chi connectivity index (χ3n) is 3.59. The first-order valence-corrected chi connectivity index (χ1v) is 7.68. The van der Waals surface area contributed by atoms with Crippen LogP contribution in [0.5, 0.6) is 0 Å². The van der Waals surface area contributed by atoms with Gasteiger partial charge in [0.1, 0.15) is 0 Å². The van der Waals surface area contributed by atoms with Crippen LogP contribution in [0, 0.1) is 20.2 Å². The number of nitrogens with zero attached hydrogens (tertiary/aromatic N) is 2. The molecule has 152 valence electrons. The lowest BCUT2D eigenvalue weighted by Crippen LogP contribution is -2.70. The maximum absolute atomic E-state index is 11.6. The third kappa shape index (κ3) is 4.90. The Kier molecular flexibility index (Phi) is 6.22. The summed E-state index contributed by atoms with van der Waals surface area (Å²) in [7, 11) is 0. The van der Waals surface area contributed by atoms with Gasteiger partial charge < -0.3 is 21.1 Å². The van der Waals surface area contributed by atoms with Crippen LogP contribution in [0.4, 0.5) is 22.7 Å². The Morgan fingerprint density at radius 3 is 1.28 bits per heavy atom. The Morgan fingerprint density at radius 2 is 1.03 bits per heavy atom. The van der Waals surface area contributed by atoms with Crippen LogP contribution < -0.4 is 21.7 Å². The average Bonchev–Trinajstić information content (AvgIpc) is 2.68. The lowest BCUT2D eigenvalue weighted by atomic mass is 10.2. The van der Waals surface area contributed by atoms with Gasteiger partial charge >= 0.3 is 17.6 Å². The van der Waals surface area contributed by atoms with Crippen LogP contribution in [0.25, 0.3) is 0 Å². The number of nitrogens with one attached hydrogen (secondary N) is 4. The summed E-state index contributed by atoms with van der Waals surface area (Å²) >= 11 is 0. The van der Waals surface area contributed by atoms with Crippen molar-refractivity contribution in [3.63, 3.8) is 0 Å². The summed E-state index contributed by atoms with van der Waals surface area (Å²) in [5.41, 5.74) is 6.00. The first kappa shape index (κ1) is 21.0. The number of hydrogen-bond acceptors (Lipinski definition) is 10. The summed E-state index contributed by atoms with van der Waals surface area (Å²) in [5, 5.41) is 40.1. The van der Waals surface area contributed by atoms with Crippen LogP contribution in [0.15, 0.2) is 48.5 Å². The molecule has 0 saturated carbocycles. The predicted octanol–water partition coefficient (Wildman–Crippen LogP) is 0.902. The van der Waals surface area contributed by atoms with Gasteiger partial charge in [-0.25, -0.2) is 9.59 Å². The normalized spacial score (nSPS) is 10.8. The first-order valence-electron chi connectivity index (χ1n) is 7.68. The zero-order valence-electron chi connectivity index (χ0n) is 14.4. The average molecular weight is 406 g/mol. The van der Waals surface area contributed by atoms with Crippen molar-refractivity contribution in [2.45, 2.75) is 5.66 Å². The van der Waals surface area contributed by atoms with E-state index >= 15 is 0 Å². The quantitative estimate of drug-likeness (QED) is 0.141. The van der Waals surface area contributed by atoms with Crippen molar-refractivity contribution >= 4 is 34.7 Å². The molecule has 0 radical (unpaired) electrons. The minimum absolute atomic E-state index is 0.152. The van der Waals surface area contributed by atoms with Gasteiger partial charge in [-0.2, -0.15) is 10.9 Å². The maximum atomic E-state index is 11.6. The number of hydrogen-bond donors (Lipinski definition) is 6. The molecule has 0 spiro atoms. The van der Waals surface area contributed by atoms with Gasteiger partial charge in [-0.15, -0.1) is 0 Å². The van der Waals surface area contributed by atoms with Crippen molar-refractivity contribution in [1.82, 2.24) is 10.9 Å². The highest BCUT2D eigenvalue weighted by atomic mass is 16.6. The Labute approximate surface area is 161 Å². The predicted molar refractivity (Wildman–Crippen MR) is 97.7 cm³/mol. The largest absolute Gasteiger partial charge is 0.478 e. The third-order valence-corrected chi connectivity index (χ3v) is 3.59. The number of benzene rings is 2. The van der Waals surface area contributed by atoms with Crippen LogP contribution in [0.1, 0.15) is 0 Å². The monoisotopic (exact) mass is 406 g/mol. The minimum Gasteiger partial charge on any atom is -0.478 e. The number of anilines is 2. The second-order valence-electron chi connectivity index (χ2n) is 5.47.